The Bertz CT molecular complexity index is 1220. The molecular formula is C21H18O11. The van der Waals surface area contributed by atoms with Crippen molar-refractivity contribution in [2.24, 2.45) is 0 Å². The number of aromatic hydroxyl groups is 2. The van der Waals surface area contributed by atoms with Crippen molar-refractivity contribution in [3.8, 4) is 28.4 Å². The molecule has 1 saturated heterocycles. The van der Waals surface area contributed by atoms with Crippen LogP contribution in [0.4, 0.5) is 0 Å². The van der Waals surface area contributed by atoms with Crippen molar-refractivity contribution < 1.29 is 49.3 Å². The standard InChI is InChI=1S/C21H18O11/c22-9-5-12(23)14-13(6-9)30-7-11(15(14)24)8-1-3-10(4-2-8)31-21-18(27)16(25)17(26)19(32-21)20(28)29/h1-7,16-19,21-23,25-27H,(H,28,29)/t16-,17-,18+,19-,21+/m0/s1. The fourth-order valence-electron chi connectivity index (χ4n) is 3.41. The summed E-state index contributed by atoms with van der Waals surface area (Å²) in [5.74, 6) is -2.12. The summed E-state index contributed by atoms with van der Waals surface area (Å²) in [6.45, 7) is 0. The van der Waals surface area contributed by atoms with Crippen LogP contribution in [-0.4, -0.2) is 67.3 Å². The van der Waals surface area contributed by atoms with Gasteiger partial charge in [0.25, 0.3) is 0 Å². The summed E-state index contributed by atoms with van der Waals surface area (Å²) in [5.41, 5.74) is -0.0221. The molecule has 4 rings (SSSR count). The van der Waals surface area contributed by atoms with Crippen LogP contribution >= 0.6 is 0 Å². The van der Waals surface area contributed by atoms with Crippen LogP contribution in [0.3, 0.4) is 0 Å². The van der Waals surface area contributed by atoms with Crippen LogP contribution in [0.1, 0.15) is 0 Å². The Hall–Kier alpha value is -3.64. The summed E-state index contributed by atoms with van der Waals surface area (Å²) in [6.07, 6.45) is -7.56. The number of carboxylic acid groups (broad SMARTS) is 1. The van der Waals surface area contributed by atoms with Gasteiger partial charge in [0.1, 0.15) is 52.8 Å². The van der Waals surface area contributed by atoms with Gasteiger partial charge < -0.3 is 44.5 Å². The van der Waals surface area contributed by atoms with Crippen molar-refractivity contribution in [3.05, 3.63) is 52.9 Å². The minimum Gasteiger partial charge on any atom is -0.508 e. The first kappa shape index (κ1) is 21.6. The molecule has 0 amide bonds. The average molecular weight is 446 g/mol. The van der Waals surface area contributed by atoms with Gasteiger partial charge in [-0.2, -0.15) is 0 Å². The lowest BCUT2D eigenvalue weighted by Crippen LogP contribution is -2.61. The highest BCUT2D eigenvalue weighted by molar-refractivity contribution is 5.88. The first-order valence-corrected chi connectivity index (χ1v) is 9.34. The molecule has 168 valence electrons. The van der Waals surface area contributed by atoms with Crippen LogP contribution in [0, 0.1) is 0 Å². The third-order valence-electron chi connectivity index (χ3n) is 5.07. The van der Waals surface area contributed by atoms with Gasteiger partial charge >= 0.3 is 5.97 Å². The number of hydrogen-bond acceptors (Lipinski definition) is 10. The third kappa shape index (κ3) is 3.74. The van der Waals surface area contributed by atoms with E-state index in [4.69, 9.17) is 19.0 Å². The Balaban J connectivity index is 1.59. The maximum absolute atomic E-state index is 12.8. The highest BCUT2D eigenvalue weighted by Crippen LogP contribution is 2.31. The molecule has 0 unspecified atom stereocenters. The quantitative estimate of drug-likeness (QED) is 0.320. The number of carbonyl (C=O) groups is 1. The number of phenolic OH excluding ortho intramolecular Hbond substituents is 2. The number of aliphatic carboxylic acids is 1. The number of fused-ring (bicyclic) bond motifs is 1. The Morgan fingerprint density at radius 1 is 0.969 bits per heavy atom. The van der Waals surface area contributed by atoms with Gasteiger partial charge in [-0.25, -0.2) is 4.79 Å². The van der Waals surface area contributed by atoms with E-state index in [1.54, 1.807) is 0 Å². The SMILES string of the molecule is O=C(O)[C@H]1O[C@@H](Oc2ccc(-c3coc4cc(O)cc(O)c4c3=O)cc2)[C@H](O)[C@@H](O)[C@@H]1O. The summed E-state index contributed by atoms with van der Waals surface area (Å²) in [4.78, 5) is 24.0. The molecule has 0 bridgehead atoms. The lowest BCUT2D eigenvalue weighted by molar-refractivity contribution is -0.271. The monoisotopic (exact) mass is 446 g/mol. The molecule has 0 aliphatic carbocycles. The molecule has 2 heterocycles. The summed E-state index contributed by atoms with van der Waals surface area (Å²) in [6, 6.07) is 7.96. The zero-order valence-electron chi connectivity index (χ0n) is 16.2. The van der Waals surface area contributed by atoms with Crippen LogP contribution in [-0.2, 0) is 9.53 Å². The fraction of sp³-hybridized carbons (Fsp3) is 0.238. The summed E-state index contributed by atoms with van der Waals surface area (Å²) >= 11 is 0. The summed E-state index contributed by atoms with van der Waals surface area (Å²) < 4.78 is 15.8. The van der Waals surface area contributed by atoms with Crippen LogP contribution in [0.15, 0.2) is 51.9 Å². The zero-order valence-corrected chi connectivity index (χ0v) is 16.2. The summed E-state index contributed by atoms with van der Waals surface area (Å²) in [5, 5.41) is 58.1. The first-order chi connectivity index (χ1) is 15.2. The molecule has 0 spiro atoms. The second-order valence-corrected chi connectivity index (χ2v) is 7.19. The summed E-state index contributed by atoms with van der Waals surface area (Å²) in [7, 11) is 0. The van der Waals surface area contributed by atoms with Crippen molar-refractivity contribution in [2.75, 3.05) is 0 Å². The molecule has 5 atom stereocenters. The molecule has 0 saturated carbocycles. The highest BCUT2D eigenvalue weighted by Gasteiger charge is 2.48. The second-order valence-electron chi connectivity index (χ2n) is 7.19. The predicted molar refractivity (Wildman–Crippen MR) is 106 cm³/mol. The van der Waals surface area contributed by atoms with E-state index in [1.165, 1.54) is 36.6 Å². The van der Waals surface area contributed by atoms with Gasteiger partial charge in [0.2, 0.25) is 11.7 Å². The Morgan fingerprint density at radius 3 is 2.31 bits per heavy atom. The molecule has 1 aliphatic rings. The normalized spacial score (nSPS) is 25.5. The number of rotatable bonds is 4. The van der Waals surface area contributed by atoms with Gasteiger partial charge in [0, 0.05) is 12.1 Å². The smallest absolute Gasteiger partial charge is 0.335 e. The molecule has 1 fully saturated rings. The fourth-order valence-corrected chi connectivity index (χ4v) is 3.41. The number of aliphatic hydroxyl groups is 3. The van der Waals surface area contributed by atoms with E-state index >= 15 is 0 Å². The van der Waals surface area contributed by atoms with Crippen molar-refractivity contribution in [2.45, 2.75) is 30.7 Å². The van der Waals surface area contributed by atoms with Crippen molar-refractivity contribution >= 4 is 16.9 Å². The number of carboxylic acids is 1. The van der Waals surface area contributed by atoms with Crippen LogP contribution in [0.25, 0.3) is 22.1 Å². The van der Waals surface area contributed by atoms with Gasteiger partial charge in [-0.05, 0) is 17.7 Å². The molecule has 11 nitrogen and oxygen atoms in total. The molecule has 6 N–H and O–H groups in total. The van der Waals surface area contributed by atoms with Crippen LogP contribution in [0.2, 0.25) is 0 Å². The average Bonchev–Trinajstić information content (AvgIpc) is 2.74. The largest absolute Gasteiger partial charge is 0.508 e. The van der Waals surface area contributed by atoms with E-state index in [9.17, 15) is 35.1 Å². The van der Waals surface area contributed by atoms with E-state index in [-0.39, 0.29) is 28.0 Å². The zero-order chi connectivity index (χ0) is 23.2. The molecule has 11 heteroatoms. The van der Waals surface area contributed by atoms with Crippen molar-refractivity contribution in [3.63, 3.8) is 0 Å². The topological polar surface area (TPSA) is 187 Å². The number of aliphatic hydroxyl groups excluding tert-OH is 3. The molecule has 1 aromatic heterocycles. The van der Waals surface area contributed by atoms with E-state index < -0.39 is 47.9 Å². The van der Waals surface area contributed by atoms with Crippen LogP contribution in [0.5, 0.6) is 17.2 Å². The third-order valence-corrected chi connectivity index (χ3v) is 5.07. The van der Waals surface area contributed by atoms with E-state index in [1.807, 2.05) is 0 Å². The Morgan fingerprint density at radius 2 is 1.66 bits per heavy atom. The minimum atomic E-state index is -1.84. The molecule has 1 aliphatic heterocycles. The van der Waals surface area contributed by atoms with Crippen molar-refractivity contribution in [1.29, 1.82) is 0 Å². The minimum absolute atomic E-state index is 0.00775. The number of benzene rings is 2. The van der Waals surface area contributed by atoms with Gasteiger partial charge in [-0.15, -0.1) is 0 Å². The maximum atomic E-state index is 12.8. The maximum Gasteiger partial charge on any atom is 0.335 e. The Kier molecular flexibility index (Phi) is 5.48. The van der Waals surface area contributed by atoms with Gasteiger partial charge in [-0.3, -0.25) is 4.79 Å². The van der Waals surface area contributed by atoms with E-state index in [2.05, 4.69) is 0 Å². The van der Waals surface area contributed by atoms with Crippen LogP contribution < -0.4 is 10.2 Å². The van der Waals surface area contributed by atoms with Gasteiger partial charge in [0.05, 0.1) is 5.56 Å². The first-order valence-electron chi connectivity index (χ1n) is 9.34. The Labute approximate surface area is 178 Å². The lowest BCUT2D eigenvalue weighted by Gasteiger charge is -2.38. The van der Waals surface area contributed by atoms with Gasteiger partial charge in [-0.1, -0.05) is 12.1 Å². The molecule has 32 heavy (non-hydrogen) atoms. The number of hydrogen-bond donors (Lipinski definition) is 6. The lowest BCUT2D eigenvalue weighted by atomic mass is 9.99. The van der Waals surface area contributed by atoms with E-state index in [0.29, 0.717) is 5.56 Å². The van der Waals surface area contributed by atoms with Gasteiger partial charge in [0.15, 0.2) is 6.10 Å². The van der Waals surface area contributed by atoms with Crippen molar-refractivity contribution in [1.82, 2.24) is 0 Å². The highest BCUT2D eigenvalue weighted by atomic mass is 16.7. The van der Waals surface area contributed by atoms with E-state index in [0.717, 1.165) is 6.07 Å². The predicted octanol–water partition coefficient (Wildman–Crippen LogP) is 0.142. The molecule has 2 aromatic carbocycles. The number of ether oxygens (including phenoxy) is 2. The second kappa shape index (κ2) is 8.13. The number of phenols is 2. The molecular weight excluding hydrogens is 428 g/mol. The molecule has 3 aromatic rings. The molecule has 0 radical (unpaired) electrons.